The summed E-state index contributed by atoms with van der Waals surface area (Å²) in [7, 11) is -2.26. The van der Waals surface area contributed by atoms with Crippen LogP contribution < -0.4 is 14.4 Å². The number of sulfonamides is 1. The molecule has 0 aromatic heterocycles. The van der Waals surface area contributed by atoms with Gasteiger partial charge in [0.25, 0.3) is 0 Å². The summed E-state index contributed by atoms with van der Waals surface area (Å²) in [4.78, 5) is 28.5. The summed E-state index contributed by atoms with van der Waals surface area (Å²) in [5.74, 6) is -0.0871. The SMILES string of the molecule is COc1cccc(CN(C(=O)CN(c2cccc3ccccc23)S(C)(=O)=O)[C@H](C)C(=O)NC2CCCC2)c1. The fourth-order valence-corrected chi connectivity index (χ4v) is 5.82. The largest absolute Gasteiger partial charge is 0.497 e. The topological polar surface area (TPSA) is 96.0 Å². The smallest absolute Gasteiger partial charge is 0.244 e. The summed E-state index contributed by atoms with van der Waals surface area (Å²) in [5, 5.41) is 4.66. The number of benzene rings is 3. The molecule has 0 saturated heterocycles. The summed E-state index contributed by atoms with van der Waals surface area (Å²) in [6.07, 6.45) is 5.07. The van der Waals surface area contributed by atoms with Crippen LogP contribution in [0.25, 0.3) is 10.8 Å². The molecular weight excluding hydrogens is 502 g/mol. The molecule has 0 heterocycles. The number of ether oxygens (including phenoxy) is 1. The molecule has 1 aliphatic carbocycles. The molecule has 0 radical (unpaired) electrons. The molecule has 4 rings (SSSR count). The van der Waals surface area contributed by atoms with Gasteiger partial charge in [0.1, 0.15) is 18.3 Å². The Kier molecular flexibility index (Phi) is 8.56. The van der Waals surface area contributed by atoms with E-state index in [9.17, 15) is 18.0 Å². The zero-order valence-electron chi connectivity index (χ0n) is 22.1. The van der Waals surface area contributed by atoms with Gasteiger partial charge in [0.05, 0.1) is 19.1 Å². The first-order valence-corrected chi connectivity index (χ1v) is 14.7. The number of fused-ring (bicyclic) bond motifs is 1. The average molecular weight is 538 g/mol. The Balaban J connectivity index is 1.66. The van der Waals surface area contributed by atoms with Crippen molar-refractivity contribution in [3.8, 4) is 5.75 Å². The molecule has 0 unspecified atom stereocenters. The van der Waals surface area contributed by atoms with Crippen LogP contribution in [-0.2, 0) is 26.2 Å². The number of nitrogens with one attached hydrogen (secondary N) is 1. The fraction of sp³-hybridized carbons (Fsp3) is 0.379. The molecule has 1 saturated carbocycles. The maximum absolute atomic E-state index is 13.9. The van der Waals surface area contributed by atoms with Crippen LogP contribution in [0.2, 0.25) is 0 Å². The van der Waals surface area contributed by atoms with Crippen LogP contribution in [0, 0.1) is 0 Å². The van der Waals surface area contributed by atoms with Crippen LogP contribution in [0.4, 0.5) is 5.69 Å². The lowest BCUT2D eigenvalue weighted by molar-refractivity contribution is -0.139. The molecule has 1 atom stereocenters. The van der Waals surface area contributed by atoms with E-state index in [0.717, 1.165) is 52.6 Å². The van der Waals surface area contributed by atoms with Crippen LogP contribution in [0.15, 0.2) is 66.7 Å². The number of amides is 2. The van der Waals surface area contributed by atoms with Crippen molar-refractivity contribution in [1.29, 1.82) is 0 Å². The Morgan fingerprint density at radius 3 is 2.42 bits per heavy atom. The van der Waals surface area contributed by atoms with Gasteiger partial charge in [0.15, 0.2) is 0 Å². The molecule has 0 aliphatic heterocycles. The number of carbonyl (C=O) groups excluding carboxylic acids is 2. The van der Waals surface area contributed by atoms with Crippen molar-refractivity contribution in [3.05, 3.63) is 72.3 Å². The maximum Gasteiger partial charge on any atom is 0.244 e. The van der Waals surface area contributed by atoms with E-state index in [-0.39, 0.29) is 18.5 Å². The van der Waals surface area contributed by atoms with Gasteiger partial charge in [-0.3, -0.25) is 13.9 Å². The highest BCUT2D eigenvalue weighted by atomic mass is 32.2. The number of hydrogen-bond acceptors (Lipinski definition) is 5. The van der Waals surface area contributed by atoms with Crippen molar-refractivity contribution in [3.63, 3.8) is 0 Å². The Morgan fingerprint density at radius 2 is 1.71 bits per heavy atom. The molecule has 38 heavy (non-hydrogen) atoms. The zero-order chi connectivity index (χ0) is 27.3. The van der Waals surface area contributed by atoms with Gasteiger partial charge < -0.3 is 15.0 Å². The third-order valence-corrected chi connectivity index (χ3v) is 8.20. The van der Waals surface area contributed by atoms with E-state index in [1.165, 1.54) is 4.90 Å². The van der Waals surface area contributed by atoms with Crippen LogP contribution in [0.3, 0.4) is 0 Å². The highest BCUT2D eigenvalue weighted by Crippen LogP contribution is 2.29. The Hall–Kier alpha value is -3.59. The number of anilines is 1. The molecule has 0 spiro atoms. The highest BCUT2D eigenvalue weighted by Gasteiger charge is 2.31. The second kappa shape index (κ2) is 11.9. The molecule has 1 N–H and O–H groups in total. The first-order chi connectivity index (χ1) is 18.2. The van der Waals surface area contributed by atoms with Gasteiger partial charge in [-0.05, 0) is 48.9 Å². The molecular formula is C29H35N3O5S. The van der Waals surface area contributed by atoms with Crippen molar-refractivity contribution >= 4 is 38.3 Å². The molecule has 1 aliphatic rings. The summed E-state index contributed by atoms with van der Waals surface area (Å²) in [6, 6.07) is 19.4. The first-order valence-electron chi connectivity index (χ1n) is 12.9. The lowest BCUT2D eigenvalue weighted by Crippen LogP contribution is -2.52. The van der Waals surface area contributed by atoms with Crippen molar-refractivity contribution < 1.29 is 22.7 Å². The lowest BCUT2D eigenvalue weighted by atomic mass is 10.1. The van der Waals surface area contributed by atoms with Crippen molar-refractivity contribution in [2.75, 3.05) is 24.2 Å². The molecule has 9 heteroatoms. The number of carbonyl (C=O) groups is 2. The maximum atomic E-state index is 13.9. The minimum absolute atomic E-state index is 0.0990. The van der Waals surface area contributed by atoms with Crippen LogP contribution in [0.1, 0.15) is 38.2 Å². The van der Waals surface area contributed by atoms with Gasteiger partial charge in [0.2, 0.25) is 21.8 Å². The normalized spacial score (nSPS) is 14.7. The van der Waals surface area contributed by atoms with Gasteiger partial charge in [0, 0.05) is 18.0 Å². The van der Waals surface area contributed by atoms with Crippen molar-refractivity contribution in [2.45, 2.75) is 51.2 Å². The zero-order valence-corrected chi connectivity index (χ0v) is 22.9. The average Bonchev–Trinajstić information content (AvgIpc) is 3.42. The minimum Gasteiger partial charge on any atom is -0.497 e. The number of methoxy groups -OCH3 is 1. The van der Waals surface area contributed by atoms with E-state index in [2.05, 4.69) is 5.32 Å². The Labute approximate surface area is 224 Å². The molecule has 2 amide bonds. The summed E-state index contributed by atoms with van der Waals surface area (Å²) < 4.78 is 32.4. The first kappa shape index (κ1) is 27.4. The second-order valence-electron chi connectivity index (χ2n) is 9.81. The van der Waals surface area contributed by atoms with E-state index in [0.29, 0.717) is 11.4 Å². The molecule has 3 aromatic rings. The van der Waals surface area contributed by atoms with E-state index in [1.807, 2.05) is 42.5 Å². The minimum atomic E-state index is -3.82. The van der Waals surface area contributed by atoms with Crippen molar-refractivity contribution in [2.24, 2.45) is 0 Å². The molecule has 0 bridgehead atoms. The van der Waals surface area contributed by atoms with E-state index >= 15 is 0 Å². The molecule has 202 valence electrons. The van der Waals surface area contributed by atoms with Gasteiger partial charge >= 0.3 is 0 Å². The predicted molar refractivity (Wildman–Crippen MR) is 150 cm³/mol. The molecule has 8 nitrogen and oxygen atoms in total. The van der Waals surface area contributed by atoms with Gasteiger partial charge in [-0.1, -0.05) is 61.4 Å². The summed E-state index contributed by atoms with van der Waals surface area (Å²) in [5.41, 5.74) is 1.19. The third kappa shape index (κ3) is 6.45. The highest BCUT2D eigenvalue weighted by molar-refractivity contribution is 7.92. The van der Waals surface area contributed by atoms with Gasteiger partial charge in [-0.15, -0.1) is 0 Å². The molecule has 3 aromatic carbocycles. The van der Waals surface area contributed by atoms with Crippen molar-refractivity contribution in [1.82, 2.24) is 10.2 Å². The van der Waals surface area contributed by atoms with E-state index in [4.69, 9.17) is 4.74 Å². The lowest BCUT2D eigenvalue weighted by Gasteiger charge is -2.32. The standard InChI is InChI=1S/C29H35N3O5S/c1-21(29(34)30-24-13-5-6-14-24)31(19-22-10-8-15-25(18-22)37-2)28(33)20-32(38(3,35)36)27-17-9-12-23-11-4-7-16-26(23)27/h4,7-12,15-18,21,24H,5-6,13-14,19-20H2,1-3H3,(H,30,34)/t21-/m1/s1. The summed E-state index contributed by atoms with van der Waals surface area (Å²) >= 11 is 0. The third-order valence-electron chi connectivity index (χ3n) is 7.07. The summed E-state index contributed by atoms with van der Waals surface area (Å²) in [6.45, 7) is 1.38. The Bertz CT molecular complexity index is 1400. The number of nitrogens with zero attached hydrogens (tertiary/aromatic N) is 2. The van der Waals surface area contributed by atoms with E-state index in [1.54, 1.807) is 38.3 Å². The van der Waals surface area contributed by atoms with E-state index < -0.39 is 28.5 Å². The quantitative estimate of drug-likeness (QED) is 0.420. The predicted octanol–water partition coefficient (Wildman–Crippen LogP) is 4.09. The molecule has 1 fully saturated rings. The fourth-order valence-electron chi connectivity index (χ4n) is 4.96. The van der Waals surface area contributed by atoms with Crippen LogP contribution in [0.5, 0.6) is 5.75 Å². The second-order valence-corrected chi connectivity index (χ2v) is 11.7. The van der Waals surface area contributed by atoms with Gasteiger partial charge in [-0.25, -0.2) is 8.42 Å². The number of hydrogen-bond donors (Lipinski definition) is 1. The van der Waals surface area contributed by atoms with Crippen LogP contribution in [-0.4, -0.2) is 57.1 Å². The van der Waals surface area contributed by atoms with Gasteiger partial charge in [-0.2, -0.15) is 0 Å². The Morgan fingerprint density at radius 1 is 1.03 bits per heavy atom. The van der Waals surface area contributed by atoms with Crippen LogP contribution >= 0.6 is 0 Å². The monoisotopic (exact) mass is 537 g/mol. The number of rotatable bonds is 10.